The van der Waals surface area contributed by atoms with Crippen LogP contribution in [0.1, 0.15) is 44.2 Å². The Balaban J connectivity index is 1.73. The Bertz CT molecular complexity index is 929. The molecule has 1 amide bonds. The van der Waals surface area contributed by atoms with Crippen LogP contribution in [-0.2, 0) is 4.74 Å². The molecule has 168 valence electrons. The number of benzene rings is 2. The second-order valence-corrected chi connectivity index (χ2v) is 9.70. The maximum absolute atomic E-state index is 13.1. The number of ether oxygens (including phenoxy) is 1. The van der Waals surface area contributed by atoms with E-state index in [0.717, 1.165) is 6.42 Å². The highest BCUT2D eigenvalue weighted by Gasteiger charge is 2.46. The van der Waals surface area contributed by atoms with E-state index in [0.29, 0.717) is 19.6 Å². The van der Waals surface area contributed by atoms with Crippen molar-refractivity contribution < 1.29 is 9.53 Å². The second-order valence-electron chi connectivity index (χ2n) is 9.70. The number of nitrogens with zero attached hydrogens (tertiary/aromatic N) is 5. The van der Waals surface area contributed by atoms with Crippen molar-refractivity contribution in [3.63, 3.8) is 0 Å². The Hall–Kier alpha value is -3.02. The van der Waals surface area contributed by atoms with E-state index < -0.39 is 5.60 Å². The van der Waals surface area contributed by atoms with Gasteiger partial charge in [0, 0.05) is 42.5 Å². The summed E-state index contributed by atoms with van der Waals surface area (Å²) >= 11 is 0. The van der Waals surface area contributed by atoms with Gasteiger partial charge < -0.3 is 9.64 Å². The molecular formula is C25H31N5O2. The highest BCUT2D eigenvalue weighted by molar-refractivity contribution is 5.68. The fourth-order valence-electron chi connectivity index (χ4n) is 5.05. The predicted molar refractivity (Wildman–Crippen MR) is 124 cm³/mol. The van der Waals surface area contributed by atoms with Gasteiger partial charge in [-0.2, -0.15) is 0 Å². The smallest absolute Gasteiger partial charge is 0.410 e. The number of fused-ring (bicyclic) bond motifs is 1. The maximum Gasteiger partial charge on any atom is 0.410 e. The molecule has 2 aromatic carbocycles. The summed E-state index contributed by atoms with van der Waals surface area (Å²) in [5, 5.41) is 4.02. The molecule has 0 bridgehead atoms. The lowest BCUT2D eigenvalue weighted by Gasteiger charge is -2.47. The normalized spacial score (nSPS) is 23.5. The Morgan fingerprint density at radius 1 is 1.03 bits per heavy atom. The van der Waals surface area contributed by atoms with E-state index in [1.165, 1.54) is 11.1 Å². The molecule has 4 rings (SSSR count). The molecule has 7 heteroatoms. The average Bonchev–Trinajstić information content (AvgIpc) is 3.17. The van der Waals surface area contributed by atoms with Crippen molar-refractivity contribution >= 4 is 6.09 Å². The zero-order valence-electron chi connectivity index (χ0n) is 19.0. The summed E-state index contributed by atoms with van der Waals surface area (Å²) < 4.78 is 5.73. The molecule has 0 aromatic heterocycles. The molecule has 2 aliphatic rings. The van der Waals surface area contributed by atoms with Gasteiger partial charge in [0.25, 0.3) is 0 Å². The van der Waals surface area contributed by atoms with Crippen LogP contribution in [0.5, 0.6) is 0 Å². The Morgan fingerprint density at radius 2 is 1.62 bits per heavy atom. The van der Waals surface area contributed by atoms with Crippen molar-refractivity contribution in [3.8, 4) is 0 Å². The fourth-order valence-corrected chi connectivity index (χ4v) is 5.05. The molecule has 0 N–H and O–H groups in total. The molecule has 2 fully saturated rings. The van der Waals surface area contributed by atoms with Crippen LogP contribution in [0.15, 0.2) is 65.8 Å². The topological polar surface area (TPSA) is 81.5 Å². The molecule has 7 nitrogen and oxygen atoms in total. The third-order valence-electron chi connectivity index (χ3n) is 6.27. The van der Waals surface area contributed by atoms with E-state index >= 15 is 0 Å². The number of carbonyl (C=O) groups excluding carboxylic acids is 1. The van der Waals surface area contributed by atoms with Gasteiger partial charge in [-0.15, -0.1) is 0 Å². The summed E-state index contributed by atoms with van der Waals surface area (Å²) in [6.45, 7) is 7.52. The molecule has 0 aliphatic carbocycles. The van der Waals surface area contributed by atoms with Crippen LogP contribution < -0.4 is 0 Å². The third kappa shape index (κ3) is 4.90. The fraction of sp³-hybridized carbons (Fsp3) is 0.480. The lowest BCUT2D eigenvalue weighted by atomic mass is 9.82. The number of piperazine rings is 1. The number of hydrogen-bond acceptors (Lipinski definition) is 4. The summed E-state index contributed by atoms with van der Waals surface area (Å²) in [6, 6.07) is 21.0. The van der Waals surface area contributed by atoms with Gasteiger partial charge in [0.2, 0.25) is 0 Å². The van der Waals surface area contributed by atoms with Crippen LogP contribution >= 0.6 is 0 Å². The highest BCUT2D eigenvalue weighted by Crippen LogP contribution is 2.38. The minimum absolute atomic E-state index is 0.0463. The number of carbonyl (C=O) groups is 1. The summed E-state index contributed by atoms with van der Waals surface area (Å²) in [6.07, 6.45) is 0.463. The van der Waals surface area contributed by atoms with Crippen molar-refractivity contribution in [2.24, 2.45) is 5.11 Å². The molecule has 2 aliphatic heterocycles. The van der Waals surface area contributed by atoms with Crippen LogP contribution in [0.25, 0.3) is 10.4 Å². The molecule has 0 unspecified atom stereocenters. The Morgan fingerprint density at radius 3 is 2.16 bits per heavy atom. The highest BCUT2D eigenvalue weighted by atomic mass is 16.6. The zero-order chi connectivity index (χ0) is 22.7. The van der Waals surface area contributed by atoms with Gasteiger partial charge >= 0.3 is 6.09 Å². The summed E-state index contributed by atoms with van der Waals surface area (Å²) in [4.78, 5) is 20.4. The van der Waals surface area contributed by atoms with Gasteiger partial charge in [-0.1, -0.05) is 65.8 Å². The van der Waals surface area contributed by atoms with E-state index in [-0.39, 0.29) is 30.1 Å². The van der Waals surface area contributed by atoms with E-state index in [1.54, 1.807) is 0 Å². The molecule has 0 radical (unpaired) electrons. The van der Waals surface area contributed by atoms with Crippen LogP contribution in [0.2, 0.25) is 0 Å². The van der Waals surface area contributed by atoms with Gasteiger partial charge in [0.15, 0.2) is 0 Å². The predicted octanol–water partition coefficient (Wildman–Crippen LogP) is 5.19. The van der Waals surface area contributed by atoms with Crippen LogP contribution in [0, 0.1) is 0 Å². The van der Waals surface area contributed by atoms with E-state index in [4.69, 9.17) is 10.3 Å². The molecule has 2 aromatic rings. The van der Waals surface area contributed by atoms with Crippen LogP contribution in [0.4, 0.5) is 4.79 Å². The summed E-state index contributed by atoms with van der Waals surface area (Å²) in [5.74, 6) is 0.0787. The molecule has 2 saturated heterocycles. The largest absolute Gasteiger partial charge is 0.444 e. The Labute approximate surface area is 189 Å². The number of azide groups is 1. The lowest BCUT2D eigenvalue weighted by molar-refractivity contribution is -0.00662. The molecule has 0 spiro atoms. The maximum atomic E-state index is 13.1. The first-order chi connectivity index (χ1) is 15.4. The van der Waals surface area contributed by atoms with Crippen molar-refractivity contribution in [2.75, 3.05) is 19.6 Å². The van der Waals surface area contributed by atoms with Crippen molar-refractivity contribution in [2.45, 2.75) is 56.8 Å². The summed E-state index contributed by atoms with van der Waals surface area (Å²) in [5.41, 5.74) is 10.9. The molecule has 2 heterocycles. The van der Waals surface area contributed by atoms with Crippen molar-refractivity contribution in [1.29, 1.82) is 0 Å². The molecule has 32 heavy (non-hydrogen) atoms. The monoisotopic (exact) mass is 433 g/mol. The first kappa shape index (κ1) is 22.2. The first-order valence-electron chi connectivity index (χ1n) is 11.2. The van der Waals surface area contributed by atoms with Crippen molar-refractivity contribution in [3.05, 3.63) is 82.2 Å². The van der Waals surface area contributed by atoms with E-state index in [2.05, 4.69) is 63.5 Å². The Kier molecular flexibility index (Phi) is 6.40. The van der Waals surface area contributed by atoms with Gasteiger partial charge in [0.05, 0.1) is 6.04 Å². The minimum Gasteiger partial charge on any atom is -0.444 e. The van der Waals surface area contributed by atoms with Gasteiger partial charge in [-0.05, 0) is 43.9 Å². The van der Waals surface area contributed by atoms with Crippen molar-refractivity contribution in [1.82, 2.24) is 9.80 Å². The van der Waals surface area contributed by atoms with Gasteiger partial charge in [-0.3, -0.25) is 4.90 Å². The number of amides is 1. The summed E-state index contributed by atoms with van der Waals surface area (Å²) in [7, 11) is 0. The number of rotatable bonds is 4. The van der Waals surface area contributed by atoms with Crippen LogP contribution in [-0.4, -0.2) is 59.3 Å². The van der Waals surface area contributed by atoms with E-state index in [9.17, 15) is 4.79 Å². The quantitative estimate of drug-likeness (QED) is 0.378. The minimum atomic E-state index is -0.550. The lowest BCUT2D eigenvalue weighted by Crippen LogP contribution is -2.60. The third-order valence-corrected chi connectivity index (χ3v) is 6.27. The van der Waals surface area contributed by atoms with E-state index in [1.807, 2.05) is 37.8 Å². The molecular weight excluding hydrogens is 402 g/mol. The SMILES string of the molecule is CC(C)(C)OC(=O)N1C[C@@H]2C[C@H](N=[N+]=[N-])CN2[C@H](C(c2ccccc2)c2ccccc2)C1. The molecule has 3 atom stereocenters. The average molecular weight is 434 g/mol. The first-order valence-corrected chi connectivity index (χ1v) is 11.2. The van der Waals surface area contributed by atoms with Gasteiger partial charge in [-0.25, -0.2) is 4.79 Å². The standard InChI is InChI=1S/C25H31N5O2/c1-25(2,3)32-24(31)29-16-21-14-20(27-28-26)15-30(21)22(17-29)23(18-10-6-4-7-11-18)19-12-8-5-9-13-19/h4-13,20-23H,14-17H2,1-3H3/t20-,21-,22-/m0/s1. The number of hydrogen-bond donors (Lipinski definition) is 0. The second kappa shape index (κ2) is 9.23. The van der Waals surface area contributed by atoms with Gasteiger partial charge in [0.1, 0.15) is 5.60 Å². The van der Waals surface area contributed by atoms with Crippen LogP contribution in [0.3, 0.4) is 0 Å². The zero-order valence-corrected chi connectivity index (χ0v) is 19.0. The molecule has 0 saturated carbocycles.